The van der Waals surface area contributed by atoms with Crippen molar-refractivity contribution in [1.29, 1.82) is 0 Å². The number of carbonyl (C=O) groups excluding carboxylic acids is 2. The topological polar surface area (TPSA) is 54.3 Å². The second kappa shape index (κ2) is 8.79. The van der Waals surface area contributed by atoms with Crippen LogP contribution in [0.4, 0.5) is 5.69 Å². The zero-order valence-electron chi connectivity index (χ0n) is 19.5. The Labute approximate surface area is 199 Å². The quantitative estimate of drug-likeness (QED) is 0.337. The maximum atomic E-state index is 13.4. The summed E-state index contributed by atoms with van der Waals surface area (Å²) < 4.78 is 2.14. The van der Waals surface area contributed by atoms with E-state index in [2.05, 4.69) is 48.9 Å². The number of aryl methyl sites for hydroxylation is 4. The summed E-state index contributed by atoms with van der Waals surface area (Å²) >= 11 is 5.32. The smallest absolute Gasteiger partial charge is 0.270 e. The van der Waals surface area contributed by atoms with Gasteiger partial charge in [0, 0.05) is 17.1 Å². The lowest BCUT2D eigenvalue weighted by Gasteiger charge is -2.29. The van der Waals surface area contributed by atoms with Crippen molar-refractivity contribution in [3.8, 4) is 5.69 Å². The van der Waals surface area contributed by atoms with Crippen molar-refractivity contribution in [2.24, 2.45) is 0 Å². The van der Waals surface area contributed by atoms with Crippen molar-refractivity contribution in [2.75, 3.05) is 4.90 Å². The van der Waals surface area contributed by atoms with E-state index >= 15 is 0 Å². The monoisotopic (exact) mass is 457 g/mol. The minimum absolute atomic E-state index is 0.0591. The van der Waals surface area contributed by atoms with Gasteiger partial charge >= 0.3 is 0 Å². The lowest BCUT2D eigenvalue weighted by Crippen LogP contribution is -2.54. The van der Waals surface area contributed by atoms with Gasteiger partial charge in [0.25, 0.3) is 11.8 Å². The van der Waals surface area contributed by atoms with E-state index < -0.39 is 11.8 Å². The van der Waals surface area contributed by atoms with Crippen molar-refractivity contribution in [2.45, 2.75) is 41.0 Å². The molecule has 1 N–H and O–H groups in total. The number of carbonyl (C=O) groups is 2. The van der Waals surface area contributed by atoms with E-state index in [0.29, 0.717) is 5.69 Å². The molecule has 4 rings (SSSR count). The fraction of sp³-hybridized carbons (Fsp3) is 0.222. The van der Waals surface area contributed by atoms with E-state index in [1.807, 2.05) is 44.2 Å². The molecule has 1 saturated heterocycles. The van der Waals surface area contributed by atoms with E-state index in [1.165, 1.54) is 16.0 Å². The third kappa shape index (κ3) is 4.26. The van der Waals surface area contributed by atoms with Crippen LogP contribution in [0, 0.1) is 27.7 Å². The van der Waals surface area contributed by atoms with Crippen LogP contribution >= 0.6 is 12.2 Å². The molecule has 1 aliphatic rings. The van der Waals surface area contributed by atoms with Gasteiger partial charge in [-0.1, -0.05) is 25.1 Å². The van der Waals surface area contributed by atoms with Crippen LogP contribution in [0.15, 0.2) is 54.1 Å². The van der Waals surface area contributed by atoms with Crippen LogP contribution in [-0.4, -0.2) is 21.5 Å². The molecule has 1 aliphatic heterocycles. The maximum Gasteiger partial charge on any atom is 0.270 e. The molecule has 0 unspecified atom stereocenters. The van der Waals surface area contributed by atoms with Crippen LogP contribution in [-0.2, 0) is 16.0 Å². The van der Waals surface area contributed by atoms with Crippen LogP contribution in [0.3, 0.4) is 0 Å². The molecule has 2 amide bonds. The molecule has 0 bridgehead atoms. The zero-order chi connectivity index (χ0) is 23.9. The summed E-state index contributed by atoms with van der Waals surface area (Å²) in [5.74, 6) is -0.910. The number of hydrogen-bond donors (Lipinski definition) is 1. The van der Waals surface area contributed by atoms with Gasteiger partial charge in [-0.3, -0.25) is 19.8 Å². The molecule has 33 heavy (non-hydrogen) atoms. The molecular weight excluding hydrogens is 430 g/mol. The van der Waals surface area contributed by atoms with Crippen LogP contribution in [0.2, 0.25) is 0 Å². The number of aromatic nitrogens is 1. The lowest BCUT2D eigenvalue weighted by molar-refractivity contribution is -0.122. The zero-order valence-corrected chi connectivity index (χ0v) is 20.3. The van der Waals surface area contributed by atoms with Crippen molar-refractivity contribution in [3.05, 3.63) is 87.7 Å². The standard InChI is InChI=1S/C27H27N3O2S/c1-6-20-7-9-22(10-8-20)30-26(32)24(25(31)28-27(30)33)15-21-14-18(4)29(19(21)5)23-12-16(2)11-17(3)13-23/h7-15H,6H2,1-5H3,(H,28,31,33)/b24-15+. The Bertz CT molecular complexity index is 1300. The maximum absolute atomic E-state index is 13.4. The number of rotatable bonds is 4. The Morgan fingerprint density at radius 1 is 0.909 bits per heavy atom. The number of amides is 2. The van der Waals surface area contributed by atoms with Gasteiger partial charge in [0.15, 0.2) is 5.11 Å². The third-order valence-corrected chi connectivity index (χ3v) is 6.22. The fourth-order valence-electron chi connectivity index (χ4n) is 4.34. The van der Waals surface area contributed by atoms with Crippen molar-refractivity contribution >= 4 is 40.9 Å². The first-order valence-electron chi connectivity index (χ1n) is 11.0. The Balaban J connectivity index is 1.75. The molecule has 168 valence electrons. The summed E-state index contributed by atoms with van der Waals surface area (Å²) in [6.07, 6.45) is 2.56. The van der Waals surface area contributed by atoms with Gasteiger partial charge < -0.3 is 4.57 Å². The molecule has 1 aromatic heterocycles. The van der Waals surface area contributed by atoms with Crippen LogP contribution in [0.1, 0.15) is 40.6 Å². The van der Waals surface area contributed by atoms with Crippen LogP contribution in [0.5, 0.6) is 0 Å². The summed E-state index contributed by atoms with van der Waals surface area (Å²) in [5, 5.41) is 2.76. The summed E-state index contributed by atoms with van der Waals surface area (Å²) in [6.45, 7) is 10.2. The second-order valence-electron chi connectivity index (χ2n) is 8.49. The minimum atomic E-state index is -0.484. The highest BCUT2D eigenvalue weighted by atomic mass is 32.1. The highest BCUT2D eigenvalue weighted by Gasteiger charge is 2.34. The number of nitrogens with zero attached hydrogens (tertiary/aromatic N) is 2. The first-order chi connectivity index (χ1) is 15.7. The summed E-state index contributed by atoms with van der Waals surface area (Å²) in [6, 6.07) is 16.0. The molecule has 0 saturated carbocycles. The number of nitrogens with one attached hydrogen (secondary N) is 1. The molecule has 6 heteroatoms. The van der Waals surface area contributed by atoms with Crippen LogP contribution in [0.25, 0.3) is 11.8 Å². The van der Waals surface area contributed by atoms with E-state index in [0.717, 1.165) is 34.6 Å². The van der Waals surface area contributed by atoms with Gasteiger partial charge in [0.05, 0.1) is 5.69 Å². The van der Waals surface area contributed by atoms with Gasteiger partial charge in [-0.05, 0) is 105 Å². The average molecular weight is 458 g/mol. The van der Waals surface area contributed by atoms with Crippen molar-refractivity contribution in [3.63, 3.8) is 0 Å². The van der Waals surface area contributed by atoms with Gasteiger partial charge in [0.1, 0.15) is 5.57 Å². The molecule has 2 heterocycles. The first kappa shape index (κ1) is 22.7. The van der Waals surface area contributed by atoms with E-state index in [1.54, 1.807) is 6.08 Å². The molecule has 0 radical (unpaired) electrons. The van der Waals surface area contributed by atoms with Crippen LogP contribution < -0.4 is 10.2 Å². The molecule has 5 nitrogen and oxygen atoms in total. The van der Waals surface area contributed by atoms with Crippen molar-refractivity contribution in [1.82, 2.24) is 9.88 Å². The van der Waals surface area contributed by atoms with Gasteiger partial charge in [-0.15, -0.1) is 0 Å². The molecule has 0 spiro atoms. The summed E-state index contributed by atoms with van der Waals surface area (Å²) in [5.41, 5.74) is 8.07. The number of hydrogen-bond acceptors (Lipinski definition) is 3. The van der Waals surface area contributed by atoms with E-state index in [-0.39, 0.29) is 10.7 Å². The summed E-state index contributed by atoms with van der Waals surface area (Å²) in [7, 11) is 0. The minimum Gasteiger partial charge on any atom is -0.318 e. The predicted octanol–water partition coefficient (Wildman–Crippen LogP) is 5.10. The molecule has 2 aromatic carbocycles. The van der Waals surface area contributed by atoms with Gasteiger partial charge in [-0.25, -0.2) is 0 Å². The summed E-state index contributed by atoms with van der Waals surface area (Å²) in [4.78, 5) is 27.5. The number of thiocarbonyl (C=S) groups is 1. The molecule has 1 fully saturated rings. The number of anilines is 1. The average Bonchev–Trinajstić information content (AvgIpc) is 3.03. The van der Waals surface area contributed by atoms with Gasteiger partial charge in [-0.2, -0.15) is 0 Å². The SMILES string of the molecule is CCc1ccc(N2C(=O)/C(=C/c3cc(C)n(-c4cc(C)cc(C)c4)c3C)C(=O)NC2=S)cc1. The Morgan fingerprint density at radius 2 is 1.55 bits per heavy atom. The van der Waals surface area contributed by atoms with Crippen molar-refractivity contribution < 1.29 is 9.59 Å². The molecular formula is C27H27N3O2S. The Kier molecular flexibility index (Phi) is 6.04. The molecule has 0 atom stereocenters. The Morgan fingerprint density at radius 3 is 2.15 bits per heavy atom. The second-order valence-corrected chi connectivity index (χ2v) is 8.87. The third-order valence-electron chi connectivity index (χ3n) is 5.94. The Hall–Kier alpha value is -3.51. The fourth-order valence-corrected chi connectivity index (χ4v) is 4.62. The van der Waals surface area contributed by atoms with E-state index in [9.17, 15) is 9.59 Å². The molecule has 3 aromatic rings. The highest BCUT2D eigenvalue weighted by molar-refractivity contribution is 7.80. The normalized spacial score (nSPS) is 15.4. The largest absolute Gasteiger partial charge is 0.318 e. The highest BCUT2D eigenvalue weighted by Crippen LogP contribution is 2.27. The molecule has 0 aliphatic carbocycles. The van der Waals surface area contributed by atoms with Gasteiger partial charge in [0.2, 0.25) is 0 Å². The number of benzene rings is 2. The van der Waals surface area contributed by atoms with E-state index in [4.69, 9.17) is 12.2 Å². The lowest BCUT2D eigenvalue weighted by atomic mass is 10.1. The first-order valence-corrected chi connectivity index (χ1v) is 11.4. The predicted molar refractivity (Wildman–Crippen MR) is 137 cm³/mol.